The Labute approximate surface area is 184 Å². The van der Waals surface area contributed by atoms with E-state index < -0.39 is 0 Å². The van der Waals surface area contributed by atoms with Crippen LogP contribution in [-0.4, -0.2) is 10.9 Å². The predicted octanol–water partition coefficient (Wildman–Crippen LogP) is 6.46. The zero-order valence-corrected chi connectivity index (χ0v) is 17.8. The minimum Gasteiger partial charge on any atom is -0.451 e. The molecule has 1 N–H and O–H groups in total. The van der Waals surface area contributed by atoms with E-state index in [0.717, 1.165) is 43.9 Å². The summed E-state index contributed by atoms with van der Waals surface area (Å²) in [7, 11) is 0. The molecule has 0 spiro atoms. The molecule has 2 heterocycles. The normalized spacial score (nSPS) is 11.0. The average Bonchev–Trinajstić information content (AvgIpc) is 3.44. The molecule has 3 aromatic carbocycles. The van der Waals surface area contributed by atoms with E-state index in [-0.39, 0.29) is 5.91 Å². The smallest absolute Gasteiger partial charge is 0.287 e. The zero-order chi connectivity index (χ0) is 21.2. The summed E-state index contributed by atoms with van der Waals surface area (Å²) in [5.41, 5.74) is 5.78. The van der Waals surface area contributed by atoms with Crippen molar-refractivity contribution in [1.82, 2.24) is 10.3 Å². The molecule has 4 nitrogen and oxygen atoms in total. The van der Waals surface area contributed by atoms with Crippen LogP contribution in [0.3, 0.4) is 0 Å². The Bertz CT molecular complexity index is 1350. The molecule has 0 bridgehead atoms. The highest BCUT2D eigenvalue weighted by molar-refractivity contribution is 7.13. The number of carbonyl (C=O) groups is 1. The summed E-state index contributed by atoms with van der Waals surface area (Å²) >= 11 is 1.63. The fourth-order valence-corrected chi connectivity index (χ4v) is 4.40. The number of hydrogen-bond acceptors (Lipinski definition) is 4. The third-order valence-electron chi connectivity index (χ3n) is 5.28. The molecular formula is C26H20N2O2S. The number of amides is 1. The van der Waals surface area contributed by atoms with E-state index in [1.807, 2.05) is 73.7 Å². The van der Waals surface area contributed by atoms with Gasteiger partial charge in [0.25, 0.3) is 5.91 Å². The third kappa shape index (κ3) is 3.88. The van der Waals surface area contributed by atoms with Gasteiger partial charge in [-0.2, -0.15) is 0 Å². The van der Waals surface area contributed by atoms with Gasteiger partial charge in [0.15, 0.2) is 5.76 Å². The summed E-state index contributed by atoms with van der Waals surface area (Å²) in [4.78, 5) is 17.4. The van der Waals surface area contributed by atoms with Crippen LogP contribution in [0.4, 0.5) is 0 Å². The molecule has 1 amide bonds. The van der Waals surface area contributed by atoms with Crippen molar-refractivity contribution >= 4 is 28.2 Å². The van der Waals surface area contributed by atoms with Gasteiger partial charge < -0.3 is 9.73 Å². The number of hydrogen-bond donors (Lipinski definition) is 1. The van der Waals surface area contributed by atoms with Crippen LogP contribution in [0.5, 0.6) is 0 Å². The van der Waals surface area contributed by atoms with Gasteiger partial charge >= 0.3 is 0 Å². The third-order valence-corrected chi connectivity index (χ3v) is 6.17. The lowest BCUT2D eigenvalue weighted by molar-refractivity contribution is 0.0924. The van der Waals surface area contributed by atoms with Crippen molar-refractivity contribution in [2.45, 2.75) is 13.5 Å². The van der Waals surface area contributed by atoms with Crippen molar-refractivity contribution in [1.29, 1.82) is 0 Å². The highest BCUT2D eigenvalue weighted by atomic mass is 32.1. The van der Waals surface area contributed by atoms with E-state index in [1.165, 1.54) is 0 Å². The Kier molecular flexibility index (Phi) is 5.10. The Balaban J connectivity index is 1.27. The van der Waals surface area contributed by atoms with E-state index in [2.05, 4.69) is 22.8 Å². The second-order valence-electron chi connectivity index (χ2n) is 7.34. The molecule has 0 saturated heterocycles. The van der Waals surface area contributed by atoms with Gasteiger partial charge in [0.2, 0.25) is 0 Å². The quantitative estimate of drug-likeness (QED) is 0.352. The molecule has 0 aliphatic heterocycles. The first-order valence-corrected chi connectivity index (χ1v) is 10.9. The molecule has 0 saturated carbocycles. The molecule has 2 aromatic heterocycles. The van der Waals surface area contributed by atoms with E-state index in [0.29, 0.717) is 12.3 Å². The number of rotatable bonds is 5. The van der Waals surface area contributed by atoms with Crippen LogP contribution < -0.4 is 5.32 Å². The Morgan fingerprint density at radius 3 is 2.45 bits per heavy atom. The number of aromatic nitrogens is 1. The van der Waals surface area contributed by atoms with Gasteiger partial charge in [0.1, 0.15) is 10.6 Å². The molecule has 0 aliphatic carbocycles. The molecule has 0 radical (unpaired) electrons. The summed E-state index contributed by atoms with van der Waals surface area (Å²) in [5, 5.41) is 6.98. The number of nitrogens with one attached hydrogen (secondary N) is 1. The lowest BCUT2D eigenvalue weighted by Crippen LogP contribution is -2.22. The average molecular weight is 425 g/mol. The maximum Gasteiger partial charge on any atom is 0.287 e. The minimum absolute atomic E-state index is 0.204. The van der Waals surface area contributed by atoms with Crippen molar-refractivity contribution in [3.63, 3.8) is 0 Å². The van der Waals surface area contributed by atoms with Crippen molar-refractivity contribution in [2.75, 3.05) is 0 Å². The minimum atomic E-state index is -0.204. The van der Waals surface area contributed by atoms with Crippen LogP contribution in [0.15, 0.2) is 88.7 Å². The number of carbonyl (C=O) groups excluding carboxylic acids is 1. The molecule has 152 valence electrons. The van der Waals surface area contributed by atoms with Crippen molar-refractivity contribution in [3.05, 3.63) is 101 Å². The second kappa shape index (κ2) is 8.20. The van der Waals surface area contributed by atoms with Gasteiger partial charge in [0.05, 0.1) is 5.69 Å². The van der Waals surface area contributed by atoms with E-state index >= 15 is 0 Å². The van der Waals surface area contributed by atoms with Crippen LogP contribution in [0.25, 0.3) is 32.8 Å². The monoisotopic (exact) mass is 424 g/mol. The summed E-state index contributed by atoms with van der Waals surface area (Å²) in [6.07, 6.45) is 0. The maximum atomic E-state index is 12.6. The Morgan fingerprint density at radius 1 is 0.935 bits per heavy atom. The van der Waals surface area contributed by atoms with Gasteiger partial charge in [-0.05, 0) is 18.6 Å². The number of fused-ring (bicyclic) bond motifs is 1. The van der Waals surface area contributed by atoms with E-state index in [4.69, 9.17) is 9.40 Å². The maximum absolute atomic E-state index is 12.6. The summed E-state index contributed by atoms with van der Waals surface area (Å²) < 4.78 is 5.75. The van der Waals surface area contributed by atoms with Gasteiger partial charge in [-0.3, -0.25) is 4.79 Å². The van der Waals surface area contributed by atoms with Gasteiger partial charge in [-0.1, -0.05) is 72.8 Å². The standard InChI is InChI=1S/C26H20N2O2S/c1-17-21-9-5-6-10-23(21)30-24(17)25(29)27-15-18-11-13-20(14-12-18)26-28-22(16-31-26)19-7-3-2-4-8-19/h2-14,16H,15H2,1H3,(H,27,29). The molecule has 0 aliphatic rings. The van der Waals surface area contributed by atoms with Crippen LogP contribution >= 0.6 is 11.3 Å². The first kappa shape index (κ1) is 19.3. The Hall–Kier alpha value is -3.70. The van der Waals surface area contributed by atoms with E-state index in [1.54, 1.807) is 11.3 Å². The lowest BCUT2D eigenvalue weighted by atomic mass is 10.1. The van der Waals surface area contributed by atoms with Gasteiger partial charge in [-0.15, -0.1) is 11.3 Å². The molecule has 31 heavy (non-hydrogen) atoms. The number of furan rings is 1. The number of nitrogens with zero attached hydrogens (tertiary/aromatic N) is 1. The van der Waals surface area contributed by atoms with Gasteiger partial charge in [-0.25, -0.2) is 4.98 Å². The zero-order valence-electron chi connectivity index (χ0n) is 17.0. The molecule has 5 rings (SSSR count). The van der Waals surface area contributed by atoms with Crippen LogP contribution in [0, 0.1) is 6.92 Å². The van der Waals surface area contributed by atoms with Crippen molar-refractivity contribution in [2.24, 2.45) is 0 Å². The largest absolute Gasteiger partial charge is 0.451 e. The van der Waals surface area contributed by atoms with Gasteiger partial charge in [0, 0.05) is 34.0 Å². The lowest BCUT2D eigenvalue weighted by Gasteiger charge is -2.05. The first-order valence-electron chi connectivity index (χ1n) is 10.1. The summed E-state index contributed by atoms with van der Waals surface area (Å²) in [5.74, 6) is 0.166. The topological polar surface area (TPSA) is 55.1 Å². The summed E-state index contributed by atoms with van der Waals surface area (Å²) in [6, 6.07) is 26.0. The molecular weight excluding hydrogens is 404 g/mol. The fraction of sp³-hybridized carbons (Fsp3) is 0.0769. The second-order valence-corrected chi connectivity index (χ2v) is 8.19. The SMILES string of the molecule is Cc1c(C(=O)NCc2ccc(-c3nc(-c4ccccc4)cs3)cc2)oc2ccccc12. The summed E-state index contributed by atoms with van der Waals surface area (Å²) in [6.45, 7) is 2.34. The number of aryl methyl sites for hydroxylation is 1. The highest BCUT2D eigenvalue weighted by Crippen LogP contribution is 2.29. The fourth-order valence-electron chi connectivity index (χ4n) is 3.57. The molecule has 0 fully saturated rings. The molecule has 5 aromatic rings. The van der Waals surface area contributed by atoms with Crippen LogP contribution in [0.1, 0.15) is 21.7 Å². The Morgan fingerprint density at radius 2 is 1.68 bits per heavy atom. The number of para-hydroxylation sites is 1. The molecule has 0 atom stereocenters. The van der Waals surface area contributed by atoms with Crippen LogP contribution in [0.2, 0.25) is 0 Å². The molecule has 5 heteroatoms. The molecule has 0 unspecified atom stereocenters. The van der Waals surface area contributed by atoms with Crippen LogP contribution in [-0.2, 0) is 6.54 Å². The highest BCUT2D eigenvalue weighted by Gasteiger charge is 2.17. The number of thiazole rings is 1. The predicted molar refractivity (Wildman–Crippen MR) is 125 cm³/mol. The van der Waals surface area contributed by atoms with Crippen molar-refractivity contribution < 1.29 is 9.21 Å². The van der Waals surface area contributed by atoms with Crippen molar-refractivity contribution in [3.8, 4) is 21.8 Å². The van der Waals surface area contributed by atoms with E-state index in [9.17, 15) is 4.79 Å². The number of benzene rings is 3. The first-order chi connectivity index (χ1) is 15.2.